The topological polar surface area (TPSA) is 51.6 Å². The van der Waals surface area contributed by atoms with Crippen LogP contribution in [0.25, 0.3) is 22.5 Å². The molecule has 0 atom stereocenters. The Balaban J connectivity index is 0.000000585. The Morgan fingerprint density at radius 3 is 1.18 bits per heavy atom. The van der Waals surface area contributed by atoms with Crippen molar-refractivity contribution < 1.29 is 59.7 Å². The standard InChI is InChI=1S/2C11H6F2N.C5H5NS.C5H5N.CH4S.2Pt/c2*12-8-4-5-9(10(13)7-8)11-3-1-2-6-14-11;7-5-3-1-2-4-6-5;1-2-4-6-5-3-1;1-2;;/h2*1-4,6-7H;1-4H,(H,6,7);1-5H;2H,1H3;;/q2*-1;;;;2*+2/p-2. The Hall–Kier alpha value is -3.29. The van der Waals surface area contributed by atoms with Crippen molar-refractivity contribution in [3.63, 3.8) is 0 Å². The number of hydrogen-bond donors (Lipinski definition) is 0. The van der Waals surface area contributed by atoms with E-state index in [4.69, 9.17) is 12.6 Å². The Morgan fingerprint density at radius 2 is 0.933 bits per heavy atom. The van der Waals surface area contributed by atoms with E-state index in [1.54, 1.807) is 79.7 Å². The average molecular weight is 1010 g/mol. The van der Waals surface area contributed by atoms with Crippen LogP contribution in [0.15, 0.2) is 133 Å². The minimum Gasteiger partial charge on any atom is -0.796 e. The number of rotatable bonds is 2. The summed E-state index contributed by atoms with van der Waals surface area (Å²) in [6.07, 6.45) is 9.86. The monoisotopic (exact) mass is 1010 g/mol. The number of benzene rings is 2. The Morgan fingerprint density at radius 1 is 0.533 bits per heavy atom. The molecule has 0 aliphatic heterocycles. The van der Waals surface area contributed by atoms with E-state index in [0.717, 1.165) is 24.3 Å². The first kappa shape index (κ1) is 41.7. The zero-order chi connectivity index (χ0) is 31.3. The van der Waals surface area contributed by atoms with Crippen molar-refractivity contribution in [3.8, 4) is 22.5 Å². The van der Waals surface area contributed by atoms with Gasteiger partial charge in [0.05, 0.1) is 0 Å². The maximum Gasteiger partial charge on any atom is 2.00 e. The average Bonchev–Trinajstić information content (AvgIpc) is 3.05. The van der Waals surface area contributed by atoms with Crippen LogP contribution in [0.4, 0.5) is 17.6 Å². The molecule has 6 rings (SSSR count). The van der Waals surface area contributed by atoms with Gasteiger partial charge in [-0.3, -0.25) is 27.5 Å². The second kappa shape index (κ2) is 25.0. The summed E-state index contributed by atoms with van der Waals surface area (Å²) >= 11 is 8.78. The quantitative estimate of drug-likeness (QED) is 0.100. The molecular formula is C33H24F4N4Pt2S2. The van der Waals surface area contributed by atoms with Gasteiger partial charge in [0.2, 0.25) is 0 Å². The molecule has 4 aromatic heterocycles. The van der Waals surface area contributed by atoms with Gasteiger partial charge in [-0.2, -0.15) is 6.26 Å². The third-order valence-electron chi connectivity index (χ3n) is 4.76. The van der Waals surface area contributed by atoms with Gasteiger partial charge in [0.1, 0.15) is 0 Å². The van der Waals surface area contributed by atoms with Crippen molar-refractivity contribution in [2.24, 2.45) is 0 Å². The van der Waals surface area contributed by atoms with Crippen LogP contribution in [0, 0.1) is 35.4 Å². The summed E-state index contributed by atoms with van der Waals surface area (Å²) in [5.74, 6) is -2.57. The number of pyridine rings is 4. The van der Waals surface area contributed by atoms with Gasteiger partial charge < -0.3 is 35.2 Å². The summed E-state index contributed by atoms with van der Waals surface area (Å²) in [5.41, 5.74) is 1.27. The first-order chi connectivity index (χ1) is 20.9. The number of nitrogens with zero attached hydrogens (tertiary/aromatic N) is 4. The molecule has 4 heterocycles. The smallest absolute Gasteiger partial charge is 0.796 e. The van der Waals surface area contributed by atoms with E-state index in [9.17, 15) is 17.6 Å². The van der Waals surface area contributed by atoms with Crippen LogP contribution >= 0.6 is 0 Å². The largest absolute Gasteiger partial charge is 2.00 e. The Labute approximate surface area is 300 Å². The SMILES string of the molecule is C[S-].Fc1c[c-]c(-c2ccccn2)c(F)c1.Fc1c[c-]c(-c2ccccn2)c(F)c1.[Pt+2].[Pt+2].[S-]c1ccccn1.c1ccncc1. The number of aromatic nitrogens is 4. The van der Waals surface area contributed by atoms with Crippen molar-refractivity contribution in [3.05, 3.63) is 163 Å². The van der Waals surface area contributed by atoms with E-state index in [1.807, 2.05) is 30.3 Å². The molecular weight excluding hydrogens is 983 g/mol. The van der Waals surface area contributed by atoms with Gasteiger partial charge in [0.25, 0.3) is 0 Å². The zero-order valence-corrected chi connectivity index (χ0v) is 29.6. The van der Waals surface area contributed by atoms with E-state index in [2.05, 4.69) is 44.7 Å². The fourth-order valence-corrected chi connectivity index (χ4v) is 3.10. The summed E-state index contributed by atoms with van der Waals surface area (Å²) in [7, 11) is 0. The van der Waals surface area contributed by atoms with Crippen LogP contribution in [0.2, 0.25) is 0 Å². The molecule has 0 aliphatic carbocycles. The van der Waals surface area contributed by atoms with Gasteiger partial charge >= 0.3 is 42.1 Å². The van der Waals surface area contributed by atoms with Gasteiger partial charge in [-0.15, -0.1) is 24.3 Å². The van der Waals surface area contributed by atoms with Crippen LogP contribution in [-0.2, 0) is 67.4 Å². The number of halogens is 4. The fourth-order valence-electron chi connectivity index (χ4n) is 2.96. The predicted octanol–water partition coefficient (Wildman–Crippen LogP) is 7.88. The molecule has 0 bridgehead atoms. The summed E-state index contributed by atoms with van der Waals surface area (Å²) in [4.78, 5) is 15.5. The second-order valence-corrected chi connectivity index (χ2v) is 8.12. The van der Waals surface area contributed by atoms with Crippen LogP contribution < -0.4 is 0 Å². The molecule has 236 valence electrons. The van der Waals surface area contributed by atoms with Crippen LogP contribution in [0.5, 0.6) is 0 Å². The molecule has 0 unspecified atom stereocenters. The van der Waals surface area contributed by atoms with Crippen molar-refractivity contribution in [1.29, 1.82) is 0 Å². The second-order valence-electron chi connectivity index (χ2n) is 7.70. The molecule has 2 aromatic carbocycles. The van der Waals surface area contributed by atoms with Gasteiger partial charge in [-0.1, -0.05) is 70.8 Å². The van der Waals surface area contributed by atoms with Gasteiger partial charge in [-0.25, -0.2) is 0 Å². The molecule has 0 saturated carbocycles. The molecule has 0 aliphatic rings. The fraction of sp³-hybridized carbons (Fsp3) is 0.0303. The molecule has 45 heavy (non-hydrogen) atoms. The van der Waals surface area contributed by atoms with Crippen LogP contribution in [0.1, 0.15) is 0 Å². The van der Waals surface area contributed by atoms with Crippen LogP contribution in [0.3, 0.4) is 0 Å². The Kier molecular flexibility index (Phi) is 23.1. The van der Waals surface area contributed by atoms with Gasteiger partial charge in [0.15, 0.2) is 0 Å². The van der Waals surface area contributed by atoms with Crippen molar-refractivity contribution >= 4 is 25.3 Å². The molecule has 0 amide bonds. The first-order valence-electron chi connectivity index (χ1n) is 12.3. The van der Waals surface area contributed by atoms with Crippen molar-refractivity contribution in [2.75, 3.05) is 6.26 Å². The molecule has 0 saturated heterocycles. The predicted molar refractivity (Wildman–Crippen MR) is 164 cm³/mol. The van der Waals surface area contributed by atoms with E-state index in [1.165, 1.54) is 0 Å². The Bertz CT molecular complexity index is 1480. The number of hydrogen-bond acceptors (Lipinski definition) is 6. The van der Waals surface area contributed by atoms with Crippen molar-refractivity contribution in [2.45, 2.75) is 5.03 Å². The minimum absolute atomic E-state index is 0. The molecule has 0 fully saturated rings. The summed E-state index contributed by atoms with van der Waals surface area (Å²) in [5, 5.41) is 0.655. The first-order valence-corrected chi connectivity index (χ1v) is 13.6. The van der Waals surface area contributed by atoms with Gasteiger partial charge in [-0.05, 0) is 41.7 Å². The van der Waals surface area contributed by atoms with Crippen LogP contribution in [-0.4, -0.2) is 26.2 Å². The maximum atomic E-state index is 13.2. The summed E-state index contributed by atoms with van der Waals surface area (Å²) in [6.45, 7) is 0. The summed E-state index contributed by atoms with van der Waals surface area (Å²) in [6, 6.07) is 30.3. The zero-order valence-electron chi connectivity index (χ0n) is 23.4. The van der Waals surface area contributed by atoms with Gasteiger partial charge in [0, 0.05) is 54.3 Å². The normalized spacial score (nSPS) is 8.84. The molecule has 6 aromatic rings. The third-order valence-corrected chi connectivity index (χ3v) is 5.00. The molecule has 12 heteroatoms. The van der Waals surface area contributed by atoms with E-state index in [-0.39, 0.29) is 53.3 Å². The van der Waals surface area contributed by atoms with E-state index >= 15 is 0 Å². The van der Waals surface area contributed by atoms with E-state index < -0.39 is 23.3 Å². The summed E-state index contributed by atoms with van der Waals surface area (Å²) < 4.78 is 51.6. The third kappa shape index (κ3) is 16.5. The van der Waals surface area contributed by atoms with E-state index in [0.29, 0.717) is 16.4 Å². The molecule has 0 spiro atoms. The molecule has 4 nitrogen and oxygen atoms in total. The minimum atomic E-state index is -0.649. The van der Waals surface area contributed by atoms with Crippen molar-refractivity contribution in [1.82, 2.24) is 19.9 Å². The molecule has 0 N–H and O–H groups in total. The maximum absolute atomic E-state index is 13.2. The molecule has 0 radical (unpaired) electrons.